The first-order valence-electron chi connectivity index (χ1n) is 10.6. The molecule has 2 aromatic carbocycles. The van der Waals surface area contributed by atoms with Gasteiger partial charge in [0, 0.05) is 28.5 Å². The number of aromatic amines is 1. The number of nitrogens with zero attached hydrogens (tertiary/aromatic N) is 1. The molecule has 9 nitrogen and oxygen atoms in total. The Morgan fingerprint density at radius 2 is 1.82 bits per heavy atom. The van der Waals surface area contributed by atoms with E-state index in [2.05, 4.69) is 9.97 Å². The van der Waals surface area contributed by atoms with E-state index < -0.39 is 18.1 Å². The number of carboxylic acid groups (broad SMARTS) is 2. The number of aromatic nitrogens is 2. The van der Waals surface area contributed by atoms with Crippen molar-refractivity contribution in [3.63, 3.8) is 0 Å². The molecular weight excluding hydrogens is 527 g/mol. The van der Waals surface area contributed by atoms with E-state index in [1.165, 1.54) is 11.8 Å². The zero-order valence-corrected chi connectivity index (χ0v) is 20.4. The lowest BCUT2D eigenvalue weighted by Gasteiger charge is -2.03. The van der Waals surface area contributed by atoms with Gasteiger partial charge < -0.3 is 29.9 Å². The largest absolute Gasteiger partial charge is 0.542 e. The molecule has 4 rings (SSSR count). The maximum absolute atomic E-state index is 11.2. The highest BCUT2D eigenvalue weighted by atomic mass is 32.2. The highest BCUT2D eigenvalue weighted by Gasteiger charge is 2.28. The highest BCUT2D eigenvalue weighted by molar-refractivity contribution is 7.98. The summed E-state index contributed by atoms with van der Waals surface area (Å²) in [7, 11) is 1.62. The molecule has 0 saturated heterocycles. The summed E-state index contributed by atoms with van der Waals surface area (Å²) in [5, 5.41) is 18.7. The number of hydrogen-bond acceptors (Lipinski definition) is 8. The summed E-state index contributed by atoms with van der Waals surface area (Å²) >= 11 is 1.50. The molecule has 4 N–H and O–H groups in total. The minimum Gasteiger partial charge on any atom is -0.542 e. The van der Waals surface area contributed by atoms with Gasteiger partial charge in [0.05, 0.1) is 18.9 Å². The molecule has 2 heterocycles. The standard InChI is InChI=1S/C23H19N3O4S.C2HF3O2/c1-29-18-4-2-3-16(11-18)19-12-17(13-31-23-25-10-9-20(24)26-23)21(30-19)14-5-7-15(8-6-14)22(27)28;3-2(4,5)1(6)7/h2-12H,13H2,1H3,(H,27,28)(H2,24,25,26);(H,6,7). The number of H-pyrrole nitrogens is 1. The molecule has 2 aromatic heterocycles. The Hall–Kier alpha value is -4.52. The fourth-order valence-electron chi connectivity index (χ4n) is 3.07. The first kappa shape index (κ1) is 28.1. The van der Waals surface area contributed by atoms with Crippen LogP contribution in [-0.4, -0.2) is 35.3 Å². The van der Waals surface area contributed by atoms with E-state index in [1.54, 1.807) is 43.6 Å². The smallest absolute Gasteiger partial charge is 0.430 e. The first-order valence-corrected chi connectivity index (χ1v) is 11.6. The Kier molecular flexibility index (Phi) is 8.97. The number of hydrogen-bond donors (Lipinski definition) is 2. The van der Waals surface area contributed by atoms with Crippen LogP contribution in [0.4, 0.5) is 19.0 Å². The number of nitrogens with two attached hydrogens (primary N) is 1. The van der Waals surface area contributed by atoms with Gasteiger partial charge in [-0.2, -0.15) is 13.2 Å². The summed E-state index contributed by atoms with van der Waals surface area (Å²) in [4.78, 5) is 27.3. The Balaban J connectivity index is 0.000000505. The molecule has 38 heavy (non-hydrogen) atoms. The topological polar surface area (TPSA) is 153 Å². The maximum atomic E-state index is 11.2. The van der Waals surface area contributed by atoms with Crippen molar-refractivity contribution in [3.8, 4) is 28.4 Å². The lowest BCUT2D eigenvalue weighted by Crippen LogP contribution is -2.37. The number of halogens is 3. The molecule has 0 amide bonds. The quantitative estimate of drug-likeness (QED) is 0.260. The minimum absolute atomic E-state index is 0.220. The fraction of sp³-hybridized carbons (Fsp3) is 0.120. The first-order chi connectivity index (χ1) is 18.0. The molecular formula is C25H20F3N3O6S. The van der Waals surface area contributed by atoms with E-state index in [1.807, 2.05) is 30.3 Å². The van der Waals surface area contributed by atoms with Crippen LogP contribution in [0.25, 0.3) is 22.6 Å². The van der Waals surface area contributed by atoms with E-state index in [0.717, 1.165) is 22.4 Å². The number of nitrogens with one attached hydrogen (secondary N) is 1. The third-order valence-electron chi connectivity index (χ3n) is 4.84. The summed E-state index contributed by atoms with van der Waals surface area (Å²) in [6.07, 6.45) is -3.45. The van der Waals surface area contributed by atoms with Crippen LogP contribution >= 0.6 is 11.8 Å². The summed E-state index contributed by atoms with van der Waals surface area (Å²) in [5.41, 5.74) is 8.61. The van der Waals surface area contributed by atoms with Gasteiger partial charge in [0.1, 0.15) is 23.2 Å². The molecule has 0 bridgehead atoms. The van der Waals surface area contributed by atoms with Crippen LogP contribution in [0.3, 0.4) is 0 Å². The summed E-state index contributed by atoms with van der Waals surface area (Å²) < 4.78 is 43.1. The van der Waals surface area contributed by atoms with Crippen molar-refractivity contribution in [2.45, 2.75) is 17.1 Å². The molecule has 0 aliphatic carbocycles. The van der Waals surface area contributed by atoms with Crippen molar-refractivity contribution in [1.82, 2.24) is 4.98 Å². The molecule has 198 valence electrons. The normalized spacial score (nSPS) is 10.8. The van der Waals surface area contributed by atoms with E-state index >= 15 is 0 Å². The van der Waals surface area contributed by atoms with Crippen LogP contribution in [-0.2, 0) is 10.5 Å². The van der Waals surface area contributed by atoms with Gasteiger partial charge in [0.2, 0.25) is 5.82 Å². The number of nitrogen functional groups attached to an aromatic ring is 1. The molecule has 13 heteroatoms. The Morgan fingerprint density at radius 3 is 2.39 bits per heavy atom. The number of alkyl halides is 3. The van der Waals surface area contributed by atoms with Crippen molar-refractivity contribution in [2.75, 3.05) is 12.8 Å². The van der Waals surface area contributed by atoms with Crippen LogP contribution in [0.1, 0.15) is 15.9 Å². The lowest BCUT2D eigenvalue weighted by molar-refractivity contribution is -0.433. The number of rotatable bonds is 7. The number of benzene rings is 2. The van der Waals surface area contributed by atoms with Crippen molar-refractivity contribution >= 4 is 29.5 Å². The van der Waals surface area contributed by atoms with Gasteiger partial charge in [-0.1, -0.05) is 24.3 Å². The molecule has 0 unspecified atom stereocenters. The van der Waals surface area contributed by atoms with E-state index in [4.69, 9.17) is 24.8 Å². The van der Waals surface area contributed by atoms with Gasteiger partial charge in [-0.25, -0.2) is 9.78 Å². The predicted octanol–water partition coefficient (Wildman–Crippen LogP) is 3.70. The molecule has 4 aromatic rings. The van der Waals surface area contributed by atoms with Gasteiger partial charge in [-0.3, -0.25) is 0 Å². The number of ether oxygens (including phenoxy) is 1. The molecule has 0 saturated carbocycles. The van der Waals surface area contributed by atoms with Gasteiger partial charge >= 0.3 is 17.3 Å². The summed E-state index contributed by atoms with van der Waals surface area (Å²) in [6, 6.07) is 17.9. The van der Waals surface area contributed by atoms with Crippen molar-refractivity contribution in [1.29, 1.82) is 0 Å². The predicted molar refractivity (Wildman–Crippen MR) is 129 cm³/mol. The molecule has 0 aliphatic heterocycles. The van der Waals surface area contributed by atoms with E-state index in [9.17, 15) is 23.1 Å². The van der Waals surface area contributed by atoms with Crippen molar-refractivity contribution in [3.05, 3.63) is 78.0 Å². The van der Waals surface area contributed by atoms with Crippen LogP contribution in [0.2, 0.25) is 0 Å². The molecule has 0 radical (unpaired) electrons. The number of carboxylic acids is 2. The number of carbonyl (C=O) groups is 2. The highest BCUT2D eigenvalue weighted by Crippen LogP contribution is 2.36. The molecule has 0 atom stereocenters. The number of methoxy groups -OCH3 is 1. The van der Waals surface area contributed by atoms with Crippen LogP contribution in [0, 0.1) is 0 Å². The minimum atomic E-state index is -5.19. The Bertz CT molecular complexity index is 1420. The number of furan rings is 1. The molecule has 0 fully saturated rings. The van der Waals surface area contributed by atoms with Crippen LogP contribution in [0.5, 0.6) is 5.75 Å². The zero-order chi connectivity index (χ0) is 27.9. The van der Waals surface area contributed by atoms with E-state index in [0.29, 0.717) is 28.2 Å². The lowest BCUT2D eigenvalue weighted by atomic mass is 10.1. The number of aliphatic carboxylic acids is 1. The second-order valence-corrected chi connectivity index (χ2v) is 8.44. The number of anilines is 1. The summed E-state index contributed by atoms with van der Waals surface area (Å²) in [6.45, 7) is 0. The van der Waals surface area contributed by atoms with Crippen LogP contribution in [0.15, 0.2) is 76.4 Å². The Labute approximate surface area is 218 Å². The van der Waals surface area contributed by atoms with Gasteiger partial charge in [-0.15, -0.1) is 0 Å². The van der Waals surface area contributed by atoms with Crippen molar-refractivity contribution < 1.29 is 47.1 Å². The fourth-order valence-corrected chi connectivity index (χ4v) is 3.90. The number of thioether (sulfide) groups is 1. The molecule has 0 spiro atoms. The zero-order valence-electron chi connectivity index (χ0n) is 19.6. The number of carbonyl (C=O) groups excluding carboxylic acids is 1. The van der Waals surface area contributed by atoms with Crippen molar-refractivity contribution in [2.24, 2.45) is 0 Å². The molecule has 0 aliphatic rings. The third-order valence-corrected chi connectivity index (χ3v) is 5.78. The number of aromatic carboxylic acids is 1. The van der Waals surface area contributed by atoms with Gasteiger partial charge in [-0.05, 0) is 47.1 Å². The summed E-state index contributed by atoms with van der Waals surface area (Å²) in [5.74, 6) is -0.862. The average molecular weight is 548 g/mol. The average Bonchev–Trinajstić information content (AvgIpc) is 3.32. The van der Waals surface area contributed by atoms with Gasteiger partial charge in [0.25, 0.3) is 0 Å². The monoisotopic (exact) mass is 547 g/mol. The second-order valence-electron chi connectivity index (χ2n) is 7.47. The van der Waals surface area contributed by atoms with E-state index in [-0.39, 0.29) is 5.56 Å². The SMILES string of the molecule is COc1cccc(-c2cc(CSc3nc(N)cc[nH+]3)c(-c3ccc(C(=O)O)cc3)o2)c1.O=C([O-])C(F)(F)F. The Morgan fingerprint density at radius 1 is 1.13 bits per heavy atom. The maximum Gasteiger partial charge on any atom is 0.430 e. The second kappa shape index (κ2) is 12.1. The van der Waals surface area contributed by atoms with Gasteiger partial charge in [0.15, 0.2) is 0 Å². The third kappa shape index (κ3) is 7.49. The van der Waals surface area contributed by atoms with Crippen LogP contribution < -0.4 is 20.6 Å².